The van der Waals surface area contributed by atoms with Crippen molar-refractivity contribution in [2.75, 3.05) is 6.61 Å². The molecular weight excluding hydrogens is 252 g/mol. The van der Waals surface area contributed by atoms with Gasteiger partial charge in [0, 0.05) is 12.3 Å². The highest BCUT2D eigenvalue weighted by atomic mass is 35.5. The summed E-state index contributed by atoms with van der Waals surface area (Å²) in [5.41, 5.74) is 1.98. The van der Waals surface area contributed by atoms with Crippen molar-refractivity contribution in [2.24, 2.45) is 5.92 Å². The fraction of sp³-hybridized carbons (Fsp3) is 0.385. The number of hydrogen-bond acceptors (Lipinski definition) is 3. The minimum absolute atomic E-state index is 0.241. The number of benzene rings is 1. The number of hydrogen-bond donors (Lipinski definition) is 1. The highest BCUT2D eigenvalue weighted by molar-refractivity contribution is 6.34. The zero-order chi connectivity index (χ0) is 13.1. The van der Waals surface area contributed by atoms with Gasteiger partial charge in [-0.3, -0.25) is 9.89 Å². The Labute approximate surface area is 110 Å². The van der Waals surface area contributed by atoms with Crippen LogP contribution in [0.25, 0.3) is 10.9 Å². The first-order valence-electron chi connectivity index (χ1n) is 5.82. The monoisotopic (exact) mass is 266 g/mol. The second-order valence-corrected chi connectivity index (χ2v) is 4.84. The Morgan fingerprint density at radius 3 is 3.06 bits per heavy atom. The van der Waals surface area contributed by atoms with E-state index in [0.717, 1.165) is 22.9 Å². The smallest absolute Gasteiger partial charge is 0.302 e. The number of esters is 1. The number of halogens is 1. The molecule has 0 fully saturated rings. The lowest BCUT2D eigenvalue weighted by atomic mass is 9.99. The van der Waals surface area contributed by atoms with Crippen LogP contribution in [0.1, 0.15) is 19.4 Å². The predicted octanol–water partition coefficient (Wildman–Crippen LogP) is 2.96. The van der Waals surface area contributed by atoms with Crippen LogP contribution in [0.3, 0.4) is 0 Å². The van der Waals surface area contributed by atoms with Gasteiger partial charge in [-0.2, -0.15) is 5.10 Å². The van der Waals surface area contributed by atoms with Crippen LogP contribution < -0.4 is 0 Å². The van der Waals surface area contributed by atoms with Crippen LogP contribution in [0.5, 0.6) is 0 Å². The predicted molar refractivity (Wildman–Crippen MR) is 70.6 cm³/mol. The van der Waals surface area contributed by atoms with Crippen LogP contribution in [0, 0.1) is 5.92 Å². The Morgan fingerprint density at radius 1 is 1.56 bits per heavy atom. The molecule has 0 saturated heterocycles. The molecule has 0 spiro atoms. The minimum atomic E-state index is -0.249. The molecule has 0 radical (unpaired) electrons. The molecule has 0 aliphatic rings. The van der Waals surface area contributed by atoms with Gasteiger partial charge in [0.15, 0.2) is 0 Å². The Balaban J connectivity index is 2.16. The summed E-state index contributed by atoms with van der Waals surface area (Å²) >= 11 is 6.09. The van der Waals surface area contributed by atoms with Gasteiger partial charge in [0.05, 0.1) is 12.1 Å². The lowest BCUT2D eigenvalue weighted by molar-refractivity contribution is -0.142. The summed E-state index contributed by atoms with van der Waals surface area (Å²) in [5, 5.41) is 8.40. The highest BCUT2D eigenvalue weighted by Gasteiger charge is 2.12. The summed E-state index contributed by atoms with van der Waals surface area (Å²) in [6.07, 6.45) is 0.796. The number of carbonyl (C=O) groups excluding carboxylic acids is 1. The van der Waals surface area contributed by atoms with E-state index in [9.17, 15) is 4.79 Å². The van der Waals surface area contributed by atoms with Crippen molar-refractivity contribution in [3.05, 3.63) is 28.9 Å². The topological polar surface area (TPSA) is 55.0 Å². The van der Waals surface area contributed by atoms with Crippen LogP contribution in [0.4, 0.5) is 0 Å². The van der Waals surface area contributed by atoms with E-state index in [1.54, 1.807) is 0 Å². The first-order chi connectivity index (χ1) is 8.58. The number of aromatic amines is 1. The van der Waals surface area contributed by atoms with Crippen LogP contribution >= 0.6 is 11.6 Å². The van der Waals surface area contributed by atoms with E-state index in [0.29, 0.717) is 11.8 Å². The number of nitrogens with zero attached hydrogens (tertiary/aromatic N) is 1. The first kappa shape index (κ1) is 12.9. The summed E-state index contributed by atoms with van der Waals surface area (Å²) in [5.74, 6) is -0.00753. The van der Waals surface area contributed by atoms with E-state index in [4.69, 9.17) is 16.3 Å². The number of nitrogens with one attached hydrogen (secondary N) is 1. The van der Waals surface area contributed by atoms with E-state index in [1.807, 2.05) is 25.1 Å². The fourth-order valence-corrected chi connectivity index (χ4v) is 2.22. The van der Waals surface area contributed by atoms with Crippen molar-refractivity contribution < 1.29 is 9.53 Å². The van der Waals surface area contributed by atoms with Crippen LogP contribution in [-0.4, -0.2) is 22.8 Å². The third kappa shape index (κ3) is 2.82. The number of aromatic nitrogens is 2. The van der Waals surface area contributed by atoms with Crippen molar-refractivity contribution >= 4 is 28.5 Å². The Bertz CT molecular complexity index is 565. The molecule has 5 heteroatoms. The molecule has 0 saturated carbocycles. The second-order valence-electron chi connectivity index (χ2n) is 4.46. The van der Waals surface area contributed by atoms with E-state index < -0.39 is 0 Å². The van der Waals surface area contributed by atoms with Crippen LogP contribution in [-0.2, 0) is 16.0 Å². The van der Waals surface area contributed by atoms with Crippen molar-refractivity contribution in [1.29, 1.82) is 0 Å². The normalized spacial score (nSPS) is 12.6. The van der Waals surface area contributed by atoms with Gasteiger partial charge >= 0.3 is 5.97 Å². The molecule has 96 valence electrons. The fourth-order valence-electron chi connectivity index (χ4n) is 1.96. The summed E-state index contributed by atoms with van der Waals surface area (Å²) in [7, 11) is 0. The molecule has 0 amide bonds. The first-order valence-corrected chi connectivity index (χ1v) is 6.20. The minimum Gasteiger partial charge on any atom is -0.466 e. The molecule has 4 nitrogen and oxygen atoms in total. The van der Waals surface area contributed by atoms with E-state index in [1.165, 1.54) is 6.92 Å². The number of fused-ring (bicyclic) bond motifs is 1. The maximum absolute atomic E-state index is 10.8. The number of H-pyrrole nitrogens is 1. The molecule has 1 aromatic carbocycles. The van der Waals surface area contributed by atoms with Gasteiger partial charge in [0.2, 0.25) is 0 Å². The van der Waals surface area contributed by atoms with Crippen LogP contribution in [0.2, 0.25) is 5.15 Å². The van der Waals surface area contributed by atoms with Crippen molar-refractivity contribution in [3.63, 3.8) is 0 Å². The maximum atomic E-state index is 10.8. The van der Waals surface area contributed by atoms with E-state index in [-0.39, 0.29) is 11.9 Å². The van der Waals surface area contributed by atoms with Crippen molar-refractivity contribution in [3.8, 4) is 0 Å². The van der Waals surface area contributed by atoms with Crippen molar-refractivity contribution in [1.82, 2.24) is 10.2 Å². The largest absolute Gasteiger partial charge is 0.466 e. The number of carbonyl (C=O) groups is 1. The summed E-state index contributed by atoms with van der Waals surface area (Å²) in [6.45, 7) is 3.87. The van der Waals surface area contributed by atoms with E-state index >= 15 is 0 Å². The van der Waals surface area contributed by atoms with Gasteiger partial charge in [-0.1, -0.05) is 30.7 Å². The number of rotatable bonds is 4. The Morgan fingerprint density at radius 2 is 2.33 bits per heavy atom. The van der Waals surface area contributed by atoms with Crippen molar-refractivity contribution in [2.45, 2.75) is 20.3 Å². The molecule has 0 aliphatic carbocycles. The van der Waals surface area contributed by atoms with E-state index in [2.05, 4.69) is 10.2 Å². The van der Waals surface area contributed by atoms with Gasteiger partial charge in [-0.15, -0.1) is 0 Å². The molecule has 1 N–H and O–H groups in total. The maximum Gasteiger partial charge on any atom is 0.302 e. The van der Waals surface area contributed by atoms with Crippen LogP contribution in [0.15, 0.2) is 18.2 Å². The molecule has 2 rings (SSSR count). The summed E-state index contributed by atoms with van der Waals surface area (Å²) in [6, 6.07) is 5.89. The average Bonchev–Trinajstić information content (AvgIpc) is 2.70. The van der Waals surface area contributed by atoms with Gasteiger partial charge in [0.1, 0.15) is 5.15 Å². The molecule has 2 aromatic rings. The third-order valence-corrected chi connectivity index (χ3v) is 3.04. The molecule has 0 unspecified atom stereocenters. The number of ether oxygens (including phenoxy) is 1. The quantitative estimate of drug-likeness (QED) is 0.866. The van der Waals surface area contributed by atoms with Gasteiger partial charge in [-0.25, -0.2) is 0 Å². The standard InChI is InChI=1S/C13H15ClN2O2/c1-8(7-18-9(2)17)6-10-4-3-5-11-12(10)13(14)16-15-11/h3-5,8H,6-7H2,1-2H3,(H,15,16)/t8-/m1/s1. The lowest BCUT2D eigenvalue weighted by Gasteiger charge is -2.12. The zero-order valence-corrected chi connectivity index (χ0v) is 11.1. The highest BCUT2D eigenvalue weighted by Crippen LogP contribution is 2.26. The molecule has 18 heavy (non-hydrogen) atoms. The molecule has 0 bridgehead atoms. The summed E-state index contributed by atoms with van der Waals surface area (Å²) < 4.78 is 5.00. The summed E-state index contributed by atoms with van der Waals surface area (Å²) in [4.78, 5) is 10.8. The Hall–Kier alpha value is -1.55. The van der Waals surface area contributed by atoms with Gasteiger partial charge in [-0.05, 0) is 24.0 Å². The molecule has 1 heterocycles. The third-order valence-electron chi connectivity index (χ3n) is 2.76. The lowest BCUT2D eigenvalue weighted by Crippen LogP contribution is -2.11. The van der Waals surface area contributed by atoms with Gasteiger partial charge in [0.25, 0.3) is 0 Å². The molecule has 0 aliphatic heterocycles. The average molecular weight is 267 g/mol. The molecule has 1 aromatic heterocycles. The second kappa shape index (κ2) is 5.40. The molecule has 1 atom stereocenters. The van der Waals surface area contributed by atoms with Gasteiger partial charge < -0.3 is 4.74 Å². The Kier molecular flexibility index (Phi) is 3.87. The zero-order valence-electron chi connectivity index (χ0n) is 10.4. The molecular formula is C13H15ClN2O2. The SMILES string of the molecule is CC(=O)OC[C@H](C)Cc1cccc2n[nH]c(Cl)c12.